The number of pyridine rings is 1. The molecule has 24 heavy (non-hydrogen) atoms. The van der Waals surface area contributed by atoms with Gasteiger partial charge in [0.1, 0.15) is 5.69 Å². The molecule has 0 radical (unpaired) electrons. The molecule has 0 atom stereocenters. The molecule has 1 aliphatic heterocycles. The second kappa shape index (κ2) is 8.22. The number of nitrogens with zero attached hydrogens (tertiary/aromatic N) is 3. The second-order valence-electron chi connectivity index (χ2n) is 6.27. The molecule has 0 aliphatic carbocycles. The molecular formula is C19H26N4O. The molecule has 1 aliphatic rings. The number of likely N-dealkylation sites (N-methyl/N-ethyl adjacent to an activating group) is 1. The highest BCUT2D eigenvalue weighted by molar-refractivity contribution is 5.94. The summed E-state index contributed by atoms with van der Waals surface area (Å²) in [6, 6.07) is 11.6. The molecule has 0 spiro atoms. The van der Waals surface area contributed by atoms with Crippen LogP contribution in [0.3, 0.4) is 0 Å². The third-order valence-corrected chi connectivity index (χ3v) is 4.68. The maximum atomic E-state index is 12.2. The Bertz CT molecular complexity index is 680. The van der Waals surface area contributed by atoms with Gasteiger partial charge in [-0.3, -0.25) is 4.79 Å². The van der Waals surface area contributed by atoms with Gasteiger partial charge in [0.2, 0.25) is 0 Å². The van der Waals surface area contributed by atoms with Crippen LogP contribution in [-0.2, 0) is 0 Å². The van der Waals surface area contributed by atoms with Gasteiger partial charge in [-0.15, -0.1) is 0 Å². The van der Waals surface area contributed by atoms with Gasteiger partial charge in [0, 0.05) is 38.1 Å². The number of fused-ring (bicyclic) bond motifs is 1. The predicted octanol–water partition coefficient (Wildman–Crippen LogP) is 1.99. The first-order valence-electron chi connectivity index (χ1n) is 8.85. The average molecular weight is 326 g/mol. The number of carbonyl (C=O) groups excluding carboxylic acids is 1. The lowest BCUT2D eigenvalue weighted by molar-refractivity contribution is 0.0943. The van der Waals surface area contributed by atoms with Crippen molar-refractivity contribution in [2.24, 2.45) is 0 Å². The number of hydrogen-bond donors (Lipinski definition) is 1. The molecule has 1 saturated heterocycles. The van der Waals surface area contributed by atoms with Gasteiger partial charge in [0.25, 0.3) is 5.91 Å². The molecule has 128 valence electrons. The van der Waals surface area contributed by atoms with E-state index in [-0.39, 0.29) is 5.91 Å². The molecule has 1 N–H and O–H groups in total. The van der Waals surface area contributed by atoms with Gasteiger partial charge in [-0.05, 0) is 31.6 Å². The van der Waals surface area contributed by atoms with E-state index in [0.717, 1.165) is 56.6 Å². The largest absolute Gasteiger partial charge is 0.351 e. The molecule has 1 amide bonds. The average Bonchev–Trinajstić information content (AvgIpc) is 2.65. The molecule has 0 bridgehead atoms. The first kappa shape index (κ1) is 16.9. The monoisotopic (exact) mass is 326 g/mol. The Balaban J connectivity index is 1.42. The fraction of sp³-hybridized carbons (Fsp3) is 0.474. The molecule has 0 unspecified atom stereocenters. The SMILES string of the molecule is CCN1CCN(CCCNC(=O)c2ccc3ccccc3n2)CC1. The third-order valence-electron chi connectivity index (χ3n) is 4.68. The van der Waals surface area contributed by atoms with Gasteiger partial charge in [-0.1, -0.05) is 31.2 Å². The minimum Gasteiger partial charge on any atom is -0.351 e. The third kappa shape index (κ3) is 4.30. The van der Waals surface area contributed by atoms with Gasteiger partial charge >= 0.3 is 0 Å². The fourth-order valence-corrected chi connectivity index (χ4v) is 3.12. The molecule has 1 aromatic carbocycles. The second-order valence-corrected chi connectivity index (χ2v) is 6.27. The van der Waals surface area contributed by atoms with E-state index in [9.17, 15) is 4.79 Å². The van der Waals surface area contributed by atoms with Crippen molar-refractivity contribution in [3.8, 4) is 0 Å². The number of para-hydroxylation sites is 1. The van der Waals surface area contributed by atoms with Crippen molar-refractivity contribution in [3.05, 3.63) is 42.1 Å². The van der Waals surface area contributed by atoms with E-state index in [1.165, 1.54) is 0 Å². The van der Waals surface area contributed by atoms with Crippen LogP contribution >= 0.6 is 0 Å². The molecule has 1 aromatic heterocycles. The van der Waals surface area contributed by atoms with Crippen LogP contribution in [0.2, 0.25) is 0 Å². The van der Waals surface area contributed by atoms with Gasteiger partial charge in [-0.2, -0.15) is 0 Å². The van der Waals surface area contributed by atoms with E-state index in [2.05, 4.69) is 27.0 Å². The van der Waals surface area contributed by atoms with E-state index in [1.807, 2.05) is 30.3 Å². The lowest BCUT2D eigenvalue weighted by Crippen LogP contribution is -2.46. The lowest BCUT2D eigenvalue weighted by Gasteiger charge is -2.33. The van der Waals surface area contributed by atoms with Gasteiger partial charge in [-0.25, -0.2) is 4.98 Å². The molecule has 3 rings (SSSR count). The zero-order valence-electron chi connectivity index (χ0n) is 14.4. The lowest BCUT2D eigenvalue weighted by atomic mass is 10.2. The summed E-state index contributed by atoms with van der Waals surface area (Å²) in [4.78, 5) is 21.6. The van der Waals surface area contributed by atoms with E-state index in [4.69, 9.17) is 0 Å². The van der Waals surface area contributed by atoms with Crippen LogP contribution in [0.25, 0.3) is 10.9 Å². The molecule has 2 aromatic rings. The molecule has 1 fully saturated rings. The zero-order valence-corrected chi connectivity index (χ0v) is 14.4. The smallest absolute Gasteiger partial charge is 0.269 e. The van der Waals surface area contributed by atoms with E-state index < -0.39 is 0 Å². The number of amides is 1. The van der Waals surface area contributed by atoms with Crippen molar-refractivity contribution < 1.29 is 4.79 Å². The Hall–Kier alpha value is -1.98. The first-order chi connectivity index (χ1) is 11.8. The van der Waals surface area contributed by atoms with Crippen molar-refractivity contribution in [1.82, 2.24) is 20.1 Å². The zero-order chi connectivity index (χ0) is 16.8. The highest BCUT2D eigenvalue weighted by Gasteiger charge is 2.15. The van der Waals surface area contributed by atoms with E-state index in [0.29, 0.717) is 12.2 Å². The summed E-state index contributed by atoms with van der Waals surface area (Å²) in [6.07, 6.45) is 0.978. The summed E-state index contributed by atoms with van der Waals surface area (Å²) in [5.74, 6) is -0.0865. The maximum absolute atomic E-state index is 12.2. The number of aromatic nitrogens is 1. The van der Waals surface area contributed by atoms with Crippen LogP contribution in [0.5, 0.6) is 0 Å². The molecule has 0 saturated carbocycles. The predicted molar refractivity (Wildman–Crippen MR) is 97.2 cm³/mol. The normalized spacial score (nSPS) is 16.4. The van der Waals surface area contributed by atoms with Crippen LogP contribution in [0, 0.1) is 0 Å². The van der Waals surface area contributed by atoms with Gasteiger partial charge in [0.05, 0.1) is 5.52 Å². The van der Waals surface area contributed by atoms with Crippen LogP contribution in [-0.4, -0.2) is 66.5 Å². The highest BCUT2D eigenvalue weighted by Crippen LogP contribution is 2.11. The summed E-state index contributed by atoms with van der Waals surface area (Å²) < 4.78 is 0. The summed E-state index contributed by atoms with van der Waals surface area (Å²) in [5, 5.41) is 4.04. The summed E-state index contributed by atoms with van der Waals surface area (Å²) in [6.45, 7) is 9.68. The van der Waals surface area contributed by atoms with Crippen LogP contribution in [0.15, 0.2) is 36.4 Å². The molecular weight excluding hydrogens is 300 g/mol. The Kier molecular flexibility index (Phi) is 5.77. The molecule has 2 heterocycles. The number of piperazine rings is 1. The number of benzene rings is 1. The molecule has 5 heteroatoms. The van der Waals surface area contributed by atoms with Crippen LogP contribution in [0.1, 0.15) is 23.8 Å². The summed E-state index contributed by atoms with van der Waals surface area (Å²) >= 11 is 0. The first-order valence-corrected chi connectivity index (χ1v) is 8.85. The van der Waals surface area contributed by atoms with E-state index >= 15 is 0 Å². The summed E-state index contributed by atoms with van der Waals surface area (Å²) in [5.41, 5.74) is 1.35. The molecule has 5 nitrogen and oxygen atoms in total. The Morgan fingerprint density at radius 1 is 1.08 bits per heavy atom. The topological polar surface area (TPSA) is 48.5 Å². The minimum atomic E-state index is -0.0865. The number of nitrogens with one attached hydrogen (secondary N) is 1. The van der Waals surface area contributed by atoms with Gasteiger partial charge < -0.3 is 15.1 Å². The van der Waals surface area contributed by atoms with Crippen molar-refractivity contribution >= 4 is 16.8 Å². The Labute approximate surface area is 143 Å². The number of hydrogen-bond acceptors (Lipinski definition) is 4. The minimum absolute atomic E-state index is 0.0865. The Morgan fingerprint density at radius 3 is 2.62 bits per heavy atom. The fourth-order valence-electron chi connectivity index (χ4n) is 3.12. The van der Waals surface area contributed by atoms with Crippen molar-refractivity contribution in [3.63, 3.8) is 0 Å². The van der Waals surface area contributed by atoms with Gasteiger partial charge in [0.15, 0.2) is 0 Å². The van der Waals surface area contributed by atoms with E-state index in [1.54, 1.807) is 6.07 Å². The van der Waals surface area contributed by atoms with Crippen molar-refractivity contribution in [2.75, 3.05) is 45.8 Å². The highest BCUT2D eigenvalue weighted by atomic mass is 16.1. The van der Waals surface area contributed by atoms with Crippen LogP contribution < -0.4 is 5.32 Å². The summed E-state index contributed by atoms with van der Waals surface area (Å²) in [7, 11) is 0. The number of rotatable bonds is 6. The maximum Gasteiger partial charge on any atom is 0.269 e. The van der Waals surface area contributed by atoms with Crippen LogP contribution in [0.4, 0.5) is 0 Å². The quantitative estimate of drug-likeness (QED) is 0.825. The Morgan fingerprint density at radius 2 is 1.83 bits per heavy atom. The number of carbonyl (C=O) groups is 1. The van der Waals surface area contributed by atoms with Crippen molar-refractivity contribution in [2.45, 2.75) is 13.3 Å². The van der Waals surface area contributed by atoms with Crippen molar-refractivity contribution in [1.29, 1.82) is 0 Å². The standard InChI is InChI=1S/C19H26N4O/c1-2-22-12-14-23(15-13-22)11-5-10-20-19(24)18-9-8-16-6-3-4-7-17(16)21-18/h3-4,6-9H,2,5,10-15H2,1H3,(H,20,24).